The van der Waals surface area contributed by atoms with Gasteiger partial charge in [0.25, 0.3) is 0 Å². The van der Waals surface area contributed by atoms with Gasteiger partial charge in [-0.1, -0.05) is 30.3 Å². The van der Waals surface area contributed by atoms with Crippen LogP contribution in [0.4, 0.5) is 4.79 Å². The molecule has 1 aromatic carbocycles. The van der Waals surface area contributed by atoms with Gasteiger partial charge in [-0.05, 0) is 44.3 Å². The third-order valence-corrected chi connectivity index (χ3v) is 5.39. The highest BCUT2D eigenvalue weighted by Crippen LogP contribution is 2.31. The van der Waals surface area contributed by atoms with E-state index in [1.54, 1.807) is 0 Å². The monoisotopic (exact) mass is 344 g/mol. The number of carbonyl (C=O) groups excluding carboxylic acids is 2. The minimum absolute atomic E-state index is 0.286. The molecule has 3 amide bonds. The van der Waals surface area contributed by atoms with Gasteiger partial charge in [0.05, 0.1) is 0 Å². The van der Waals surface area contributed by atoms with Gasteiger partial charge in [0.2, 0.25) is 5.91 Å². The maximum absolute atomic E-state index is 11.7. The Kier molecular flexibility index (Phi) is 6.04. The fraction of sp³-hybridized carbons (Fsp3) is 0.579. The van der Waals surface area contributed by atoms with Crippen LogP contribution in [0.15, 0.2) is 30.3 Å². The molecule has 2 fully saturated rings. The molecule has 2 saturated heterocycles. The number of urea groups is 1. The Morgan fingerprint density at radius 2 is 1.68 bits per heavy atom. The van der Waals surface area contributed by atoms with Crippen LogP contribution >= 0.6 is 0 Å². The molecule has 2 atom stereocenters. The van der Waals surface area contributed by atoms with Crippen LogP contribution < -0.4 is 11.1 Å². The topological polar surface area (TPSA) is 78.7 Å². The molecule has 0 aliphatic carbocycles. The summed E-state index contributed by atoms with van der Waals surface area (Å²) in [6, 6.07) is 10.9. The van der Waals surface area contributed by atoms with Crippen LogP contribution in [-0.4, -0.2) is 53.5 Å². The zero-order valence-electron chi connectivity index (χ0n) is 14.7. The molecule has 3 N–H and O–H groups in total. The second-order valence-electron chi connectivity index (χ2n) is 7.07. The fourth-order valence-corrected chi connectivity index (χ4v) is 4.31. The second kappa shape index (κ2) is 8.45. The molecule has 25 heavy (non-hydrogen) atoms. The highest BCUT2D eigenvalue weighted by atomic mass is 16.2. The van der Waals surface area contributed by atoms with Crippen molar-refractivity contribution in [3.05, 3.63) is 35.9 Å². The summed E-state index contributed by atoms with van der Waals surface area (Å²) < 4.78 is 0. The van der Waals surface area contributed by atoms with Crippen molar-refractivity contribution >= 4 is 11.9 Å². The number of nitrogens with two attached hydrogens (primary N) is 1. The normalized spacial score (nSPS) is 24.5. The van der Waals surface area contributed by atoms with Crippen LogP contribution in [0.1, 0.15) is 37.7 Å². The highest BCUT2D eigenvalue weighted by molar-refractivity contribution is 5.93. The van der Waals surface area contributed by atoms with Gasteiger partial charge in [-0.3, -0.25) is 19.9 Å². The van der Waals surface area contributed by atoms with Gasteiger partial charge in [-0.2, -0.15) is 0 Å². The molecule has 2 aliphatic rings. The van der Waals surface area contributed by atoms with Crippen molar-refractivity contribution in [2.45, 2.75) is 50.7 Å². The zero-order valence-corrected chi connectivity index (χ0v) is 14.7. The lowest BCUT2D eigenvalue weighted by molar-refractivity contribution is -0.120. The molecule has 0 bridgehead atoms. The number of hydrogen-bond acceptors (Lipinski definition) is 4. The zero-order chi connectivity index (χ0) is 17.6. The number of likely N-dealkylation sites (tertiary alicyclic amines) is 2. The predicted octanol–water partition coefficient (Wildman–Crippen LogP) is 1.70. The van der Waals surface area contributed by atoms with Crippen molar-refractivity contribution in [3.8, 4) is 0 Å². The largest absolute Gasteiger partial charge is 0.351 e. The smallest absolute Gasteiger partial charge is 0.318 e. The summed E-state index contributed by atoms with van der Waals surface area (Å²) in [7, 11) is 0. The molecule has 6 heteroatoms. The quantitative estimate of drug-likeness (QED) is 0.823. The second-order valence-corrected chi connectivity index (χ2v) is 7.07. The fourth-order valence-electron chi connectivity index (χ4n) is 4.31. The first-order valence-electron chi connectivity index (χ1n) is 9.25. The lowest BCUT2D eigenvalue weighted by Gasteiger charge is -2.35. The molecule has 1 aromatic rings. The van der Waals surface area contributed by atoms with Crippen molar-refractivity contribution in [1.82, 2.24) is 15.1 Å². The SMILES string of the molecule is NC(=O)NC(=O)CCN1CCC[C@H]1[C@H]1CCCN1Cc1ccccc1. The number of nitrogens with one attached hydrogen (secondary N) is 1. The first-order valence-corrected chi connectivity index (χ1v) is 9.25. The average Bonchev–Trinajstić information content (AvgIpc) is 3.22. The van der Waals surface area contributed by atoms with E-state index in [0.29, 0.717) is 25.0 Å². The molecule has 2 heterocycles. The maximum Gasteiger partial charge on any atom is 0.318 e. The van der Waals surface area contributed by atoms with Crippen molar-refractivity contribution in [1.29, 1.82) is 0 Å². The van der Waals surface area contributed by atoms with Crippen LogP contribution in [0.25, 0.3) is 0 Å². The minimum atomic E-state index is -0.771. The number of amides is 3. The average molecular weight is 344 g/mol. The molecule has 2 aliphatic heterocycles. The van der Waals surface area contributed by atoms with E-state index in [2.05, 4.69) is 45.4 Å². The summed E-state index contributed by atoms with van der Waals surface area (Å²) in [5.41, 5.74) is 6.37. The minimum Gasteiger partial charge on any atom is -0.351 e. The van der Waals surface area contributed by atoms with Gasteiger partial charge in [0.15, 0.2) is 0 Å². The van der Waals surface area contributed by atoms with Gasteiger partial charge in [0, 0.05) is 31.6 Å². The number of imide groups is 1. The Morgan fingerprint density at radius 3 is 2.36 bits per heavy atom. The molecular formula is C19H28N4O2. The van der Waals surface area contributed by atoms with Crippen molar-refractivity contribution in [3.63, 3.8) is 0 Å². The Balaban J connectivity index is 1.57. The molecular weight excluding hydrogens is 316 g/mol. The maximum atomic E-state index is 11.7. The molecule has 0 radical (unpaired) electrons. The first kappa shape index (κ1) is 17.9. The molecule has 0 unspecified atom stereocenters. The van der Waals surface area contributed by atoms with Gasteiger partial charge >= 0.3 is 6.03 Å². The highest BCUT2D eigenvalue weighted by Gasteiger charge is 2.37. The summed E-state index contributed by atoms with van der Waals surface area (Å²) in [5.74, 6) is -0.286. The number of carbonyl (C=O) groups is 2. The summed E-state index contributed by atoms with van der Waals surface area (Å²) in [6.45, 7) is 3.87. The summed E-state index contributed by atoms with van der Waals surface area (Å²) in [6.07, 6.45) is 5.15. The van der Waals surface area contributed by atoms with Gasteiger partial charge in [-0.25, -0.2) is 4.79 Å². The lowest BCUT2D eigenvalue weighted by atomic mass is 10.0. The van der Waals surface area contributed by atoms with Crippen molar-refractivity contribution < 1.29 is 9.59 Å². The summed E-state index contributed by atoms with van der Waals surface area (Å²) in [4.78, 5) is 27.5. The van der Waals surface area contributed by atoms with E-state index in [9.17, 15) is 9.59 Å². The standard InChI is InChI=1S/C19H28N4O2/c20-19(25)21-18(24)10-13-22-11-4-8-16(22)17-9-5-12-23(17)14-15-6-2-1-3-7-15/h1-3,6-7,16-17H,4-5,8-14H2,(H3,20,21,24,25)/t16-,17+/m0/s1. The van der Waals surface area contributed by atoms with E-state index in [1.807, 2.05) is 0 Å². The number of nitrogens with zero attached hydrogens (tertiary/aromatic N) is 2. The number of benzene rings is 1. The Hall–Kier alpha value is -1.92. The molecule has 3 rings (SSSR count). The van der Waals surface area contributed by atoms with Crippen LogP contribution in [0.5, 0.6) is 0 Å². The van der Waals surface area contributed by atoms with Crippen molar-refractivity contribution in [2.75, 3.05) is 19.6 Å². The van der Waals surface area contributed by atoms with Crippen LogP contribution in [0, 0.1) is 0 Å². The predicted molar refractivity (Wildman–Crippen MR) is 96.8 cm³/mol. The van der Waals surface area contributed by atoms with Crippen LogP contribution in [0.3, 0.4) is 0 Å². The van der Waals surface area contributed by atoms with Crippen molar-refractivity contribution in [2.24, 2.45) is 5.73 Å². The van der Waals surface area contributed by atoms with E-state index in [1.165, 1.54) is 31.2 Å². The summed E-state index contributed by atoms with van der Waals surface area (Å²) in [5, 5.41) is 2.16. The molecule has 0 aromatic heterocycles. The first-order chi connectivity index (χ1) is 12.1. The summed E-state index contributed by atoms with van der Waals surface area (Å²) >= 11 is 0. The van der Waals surface area contributed by atoms with Crippen LogP contribution in [-0.2, 0) is 11.3 Å². The third kappa shape index (κ3) is 4.80. The van der Waals surface area contributed by atoms with Crippen LogP contribution in [0.2, 0.25) is 0 Å². The molecule has 6 nitrogen and oxygen atoms in total. The van der Waals surface area contributed by atoms with E-state index < -0.39 is 6.03 Å². The van der Waals surface area contributed by atoms with E-state index in [-0.39, 0.29) is 5.91 Å². The van der Waals surface area contributed by atoms with Gasteiger partial charge < -0.3 is 5.73 Å². The lowest BCUT2D eigenvalue weighted by Crippen LogP contribution is -2.47. The Morgan fingerprint density at radius 1 is 1.04 bits per heavy atom. The van der Waals surface area contributed by atoms with E-state index in [0.717, 1.165) is 19.6 Å². The van der Waals surface area contributed by atoms with E-state index in [4.69, 9.17) is 5.73 Å². The molecule has 0 saturated carbocycles. The number of hydrogen-bond donors (Lipinski definition) is 2. The Bertz CT molecular complexity index is 592. The van der Waals surface area contributed by atoms with Gasteiger partial charge in [-0.15, -0.1) is 0 Å². The third-order valence-electron chi connectivity index (χ3n) is 5.39. The number of primary amides is 1. The molecule has 0 spiro atoms. The number of rotatable bonds is 6. The Labute approximate surface area is 149 Å². The van der Waals surface area contributed by atoms with Gasteiger partial charge in [0.1, 0.15) is 0 Å². The van der Waals surface area contributed by atoms with E-state index >= 15 is 0 Å². The molecule has 136 valence electrons.